The van der Waals surface area contributed by atoms with E-state index in [9.17, 15) is 9.90 Å². The molecule has 1 saturated carbocycles. The summed E-state index contributed by atoms with van der Waals surface area (Å²) in [6, 6.07) is 12.2. The Bertz CT molecular complexity index is 1290. The van der Waals surface area contributed by atoms with Gasteiger partial charge in [0.05, 0.1) is 24.2 Å². The summed E-state index contributed by atoms with van der Waals surface area (Å²) in [5, 5.41) is 12.6. The van der Waals surface area contributed by atoms with Gasteiger partial charge in [0.15, 0.2) is 11.5 Å². The number of hydrogen-bond donors (Lipinski definition) is 1. The molecule has 6 nitrogen and oxygen atoms in total. The second-order valence-electron chi connectivity index (χ2n) is 12.3. The molecule has 2 heterocycles. The third kappa shape index (κ3) is 3.56. The zero-order valence-corrected chi connectivity index (χ0v) is 23.2. The van der Waals surface area contributed by atoms with Crippen molar-refractivity contribution in [2.24, 2.45) is 5.92 Å². The van der Waals surface area contributed by atoms with Crippen molar-refractivity contribution in [2.75, 3.05) is 27.2 Å². The summed E-state index contributed by atoms with van der Waals surface area (Å²) >= 11 is 0. The van der Waals surface area contributed by atoms with Crippen LogP contribution >= 0.6 is 0 Å². The van der Waals surface area contributed by atoms with Gasteiger partial charge in [0.1, 0.15) is 6.10 Å². The molecule has 6 heteroatoms. The lowest BCUT2D eigenvalue weighted by molar-refractivity contribution is -0.197. The van der Waals surface area contributed by atoms with Gasteiger partial charge in [-0.1, -0.05) is 49.7 Å². The number of ether oxygens (including phenoxy) is 2. The number of likely N-dealkylation sites (tertiary alicyclic amines) is 1. The SMILES string of the molecule is COc1ccc2c3c1O[C@H]1[C@H](N(CC(C)C)C(=O)C=Cc4cccc(C)c4)CC[C@@]4(O)[C@@H](C2)N(C)CC[C@]314. The van der Waals surface area contributed by atoms with Gasteiger partial charge in [-0.2, -0.15) is 0 Å². The normalized spacial score (nSPS) is 31.3. The van der Waals surface area contributed by atoms with Crippen molar-refractivity contribution in [3.63, 3.8) is 0 Å². The molecule has 2 aromatic carbocycles. The molecule has 0 aromatic heterocycles. The minimum atomic E-state index is -0.907. The van der Waals surface area contributed by atoms with Crippen LogP contribution in [0.15, 0.2) is 42.5 Å². The summed E-state index contributed by atoms with van der Waals surface area (Å²) in [6.45, 7) is 7.89. The average molecular weight is 517 g/mol. The number of amides is 1. The van der Waals surface area contributed by atoms with Crippen molar-refractivity contribution < 1.29 is 19.4 Å². The van der Waals surface area contributed by atoms with Crippen LogP contribution in [0.25, 0.3) is 6.08 Å². The summed E-state index contributed by atoms with van der Waals surface area (Å²) in [5.74, 6) is 1.79. The van der Waals surface area contributed by atoms with E-state index in [1.165, 1.54) is 11.1 Å². The molecular formula is C32H40N2O4. The summed E-state index contributed by atoms with van der Waals surface area (Å²) in [4.78, 5) is 18.2. The number of rotatable bonds is 6. The molecule has 2 aliphatic carbocycles. The zero-order chi connectivity index (χ0) is 26.8. The zero-order valence-electron chi connectivity index (χ0n) is 23.2. The first kappa shape index (κ1) is 25.4. The molecule has 1 saturated heterocycles. The third-order valence-electron chi connectivity index (χ3n) is 9.61. The molecule has 6 rings (SSSR count). The molecule has 1 N–H and O–H groups in total. The molecule has 202 valence electrons. The molecule has 2 aliphatic heterocycles. The van der Waals surface area contributed by atoms with Crippen molar-refractivity contribution >= 4 is 12.0 Å². The molecule has 4 aliphatic rings. The topological polar surface area (TPSA) is 62.2 Å². The van der Waals surface area contributed by atoms with Gasteiger partial charge in [0.25, 0.3) is 0 Å². The van der Waals surface area contributed by atoms with Crippen LogP contribution in [0.1, 0.15) is 55.4 Å². The Morgan fingerprint density at radius 1 is 1.29 bits per heavy atom. The van der Waals surface area contributed by atoms with E-state index < -0.39 is 11.0 Å². The Balaban J connectivity index is 1.43. The van der Waals surface area contributed by atoms with Crippen molar-refractivity contribution in [1.82, 2.24) is 9.80 Å². The molecule has 2 fully saturated rings. The lowest BCUT2D eigenvalue weighted by Crippen LogP contribution is -2.78. The Morgan fingerprint density at radius 2 is 2.11 bits per heavy atom. The van der Waals surface area contributed by atoms with Crippen LogP contribution in [-0.4, -0.2) is 71.8 Å². The molecule has 1 amide bonds. The molecule has 5 atom stereocenters. The Labute approximate surface area is 226 Å². The Morgan fingerprint density at radius 3 is 2.84 bits per heavy atom. The average Bonchev–Trinajstić information content (AvgIpc) is 3.24. The summed E-state index contributed by atoms with van der Waals surface area (Å²) < 4.78 is 12.6. The fraction of sp³-hybridized carbons (Fsp3) is 0.531. The minimum absolute atomic E-state index is 0.000854. The Kier molecular flexibility index (Phi) is 6.11. The lowest BCUT2D eigenvalue weighted by Gasteiger charge is -2.64. The van der Waals surface area contributed by atoms with Gasteiger partial charge < -0.3 is 24.4 Å². The lowest BCUT2D eigenvalue weighted by atomic mass is 9.48. The maximum atomic E-state index is 13.9. The van der Waals surface area contributed by atoms with Crippen LogP contribution in [0.2, 0.25) is 0 Å². The van der Waals surface area contributed by atoms with E-state index in [-0.39, 0.29) is 24.1 Å². The number of benzene rings is 2. The largest absolute Gasteiger partial charge is 0.493 e. The predicted octanol–water partition coefficient (Wildman–Crippen LogP) is 4.35. The van der Waals surface area contributed by atoms with Crippen LogP contribution < -0.4 is 9.47 Å². The number of piperidine rings is 1. The van der Waals surface area contributed by atoms with Crippen molar-refractivity contribution in [2.45, 2.75) is 75.7 Å². The van der Waals surface area contributed by atoms with Crippen molar-refractivity contribution in [3.05, 3.63) is 64.7 Å². The second-order valence-corrected chi connectivity index (χ2v) is 12.3. The number of carbonyl (C=O) groups is 1. The smallest absolute Gasteiger partial charge is 0.246 e. The summed E-state index contributed by atoms with van der Waals surface area (Å²) in [5.41, 5.74) is 3.09. The molecule has 0 unspecified atom stereocenters. The van der Waals surface area contributed by atoms with E-state index in [0.29, 0.717) is 31.1 Å². The second kappa shape index (κ2) is 9.13. The highest BCUT2D eigenvalue weighted by atomic mass is 16.5. The van der Waals surface area contributed by atoms with Gasteiger partial charge in [-0.3, -0.25) is 4.79 Å². The first-order chi connectivity index (χ1) is 18.2. The van der Waals surface area contributed by atoms with Crippen LogP contribution in [0.5, 0.6) is 11.5 Å². The van der Waals surface area contributed by atoms with Gasteiger partial charge >= 0.3 is 0 Å². The van der Waals surface area contributed by atoms with Crippen LogP contribution in [0, 0.1) is 12.8 Å². The Hall–Kier alpha value is -2.83. The van der Waals surface area contributed by atoms with Crippen LogP contribution in [0.4, 0.5) is 0 Å². The molecule has 2 bridgehead atoms. The number of aliphatic hydroxyl groups is 1. The van der Waals surface area contributed by atoms with E-state index >= 15 is 0 Å². The molecule has 38 heavy (non-hydrogen) atoms. The van der Waals surface area contributed by atoms with Crippen LogP contribution in [0.3, 0.4) is 0 Å². The van der Waals surface area contributed by atoms with E-state index in [0.717, 1.165) is 36.3 Å². The molecular weight excluding hydrogens is 476 g/mol. The number of carbonyl (C=O) groups excluding carboxylic acids is 1. The van der Waals surface area contributed by atoms with Gasteiger partial charge in [0.2, 0.25) is 5.91 Å². The highest BCUT2D eigenvalue weighted by molar-refractivity contribution is 5.92. The first-order valence-electron chi connectivity index (χ1n) is 14.0. The third-order valence-corrected chi connectivity index (χ3v) is 9.61. The number of aryl methyl sites for hydroxylation is 1. The van der Waals surface area contributed by atoms with Gasteiger partial charge in [-0.25, -0.2) is 0 Å². The van der Waals surface area contributed by atoms with Crippen LogP contribution in [-0.2, 0) is 16.6 Å². The number of nitrogens with zero attached hydrogens (tertiary/aromatic N) is 2. The molecule has 2 aromatic rings. The molecule has 1 spiro atoms. The predicted molar refractivity (Wildman–Crippen MR) is 149 cm³/mol. The standard InChI is InChI=1S/C32H40N2O4/c1-20(2)19-34(27(35)12-9-22-8-6-7-21(3)17-22)24-13-14-32(36)26-18-23-10-11-25(37-5)29-28(23)31(32,30(24)38-29)15-16-33(26)4/h6-12,17,20,24,26,30,36H,13-16,18-19H2,1-5H3/t24-,26-,30+,31+,32-/m1/s1. The first-order valence-corrected chi connectivity index (χ1v) is 14.0. The quantitative estimate of drug-likeness (QED) is 0.579. The number of hydrogen-bond acceptors (Lipinski definition) is 5. The highest BCUT2D eigenvalue weighted by Gasteiger charge is 2.73. The highest BCUT2D eigenvalue weighted by Crippen LogP contribution is 2.65. The van der Waals surface area contributed by atoms with Gasteiger partial charge in [-0.15, -0.1) is 0 Å². The fourth-order valence-corrected chi connectivity index (χ4v) is 8.02. The molecule has 0 radical (unpaired) electrons. The van der Waals surface area contributed by atoms with E-state index in [1.54, 1.807) is 13.2 Å². The maximum Gasteiger partial charge on any atom is 0.246 e. The van der Waals surface area contributed by atoms with Gasteiger partial charge in [0, 0.05) is 24.2 Å². The minimum Gasteiger partial charge on any atom is -0.493 e. The maximum absolute atomic E-state index is 13.9. The van der Waals surface area contributed by atoms with E-state index in [4.69, 9.17) is 9.47 Å². The summed E-state index contributed by atoms with van der Waals surface area (Å²) in [7, 11) is 3.81. The fourth-order valence-electron chi connectivity index (χ4n) is 8.02. The number of likely N-dealkylation sites (N-methyl/N-ethyl adjacent to an activating group) is 1. The number of methoxy groups -OCH3 is 1. The summed E-state index contributed by atoms with van der Waals surface area (Å²) in [6.07, 6.45) is 6.25. The van der Waals surface area contributed by atoms with Crippen molar-refractivity contribution in [1.29, 1.82) is 0 Å². The monoisotopic (exact) mass is 516 g/mol. The van der Waals surface area contributed by atoms with Crippen molar-refractivity contribution in [3.8, 4) is 11.5 Å². The van der Waals surface area contributed by atoms with E-state index in [1.807, 2.05) is 29.2 Å². The van der Waals surface area contributed by atoms with E-state index in [2.05, 4.69) is 50.9 Å². The van der Waals surface area contributed by atoms with Gasteiger partial charge in [-0.05, 0) is 75.4 Å².